The molecule has 146 valence electrons. The van der Waals surface area contributed by atoms with Crippen molar-refractivity contribution >= 4 is 17.3 Å². The van der Waals surface area contributed by atoms with Crippen LogP contribution in [0.15, 0.2) is 11.0 Å². The lowest BCUT2D eigenvalue weighted by atomic mass is 9.79. The molecule has 6 nitrogen and oxygen atoms in total. The van der Waals surface area contributed by atoms with Crippen LogP contribution < -0.4 is 10.9 Å². The summed E-state index contributed by atoms with van der Waals surface area (Å²) in [4.78, 5) is 15.1. The Bertz CT molecular complexity index is 671. The number of aromatic nitrogens is 2. The summed E-state index contributed by atoms with van der Waals surface area (Å²) in [5, 5.41) is 8.01. The van der Waals surface area contributed by atoms with E-state index in [9.17, 15) is 4.79 Å². The number of rotatable bonds is 4. The topological polar surface area (TPSA) is 59.4 Å². The minimum absolute atomic E-state index is 0.115. The van der Waals surface area contributed by atoms with E-state index in [0.717, 1.165) is 32.8 Å². The molecule has 0 spiro atoms. The van der Waals surface area contributed by atoms with Gasteiger partial charge in [-0.1, -0.05) is 30.9 Å². The Morgan fingerprint density at radius 1 is 1.23 bits per heavy atom. The molecule has 2 fully saturated rings. The van der Waals surface area contributed by atoms with E-state index >= 15 is 0 Å². The minimum Gasteiger partial charge on any atom is -0.381 e. The van der Waals surface area contributed by atoms with Crippen LogP contribution in [0.5, 0.6) is 0 Å². The Morgan fingerprint density at radius 3 is 2.50 bits per heavy atom. The third kappa shape index (κ3) is 4.07. The fourth-order valence-electron chi connectivity index (χ4n) is 4.15. The van der Waals surface area contributed by atoms with Gasteiger partial charge in [0.15, 0.2) is 0 Å². The molecule has 7 heteroatoms. The molecule has 3 rings (SSSR count). The molecule has 0 bridgehead atoms. The average molecular weight is 383 g/mol. The maximum atomic E-state index is 12.6. The molecular formula is C19H31ClN4O2. The highest BCUT2D eigenvalue weighted by atomic mass is 35.5. The number of hydrogen-bond acceptors (Lipinski definition) is 5. The van der Waals surface area contributed by atoms with Crippen molar-refractivity contribution in [2.75, 3.05) is 38.2 Å². The van der Waals surface area contributed by atoms with Gasteiger partial charge < -0.3 is 10.1 Å². The molecule has 0 amide bonds. The van der Waals surface area contributed by atoms with E-state index in [2.05, 4.69) is 15.3 Å². The number of halogens is 1. The van der Waals surface area contributed by atoms with Gasteiger partial charge >= 0.3 is 0 Å². The van der Waals surface area contributed by atoms with Crippen LogP contribution in [0.3, 0.4) is 0 Å². The van der Waals surface area contributed by atoms with E-state index in [1.54, 1.807) is 6.20 Å². The predicted molar refractivity (Wildman–Crippen MR) is 105 cm³/mol. The van der Waals surface area contributed by atoms with Gasteiger partial charge in [-0.2, -0.15) is 5.10 Å². The Hall–Kier alpha value is -1.11. The first-order valence-corrected chi connectivity index (χ1v) is 10.1. The molecule has 0 unspecified atom stereocenters. The maximum absolute atomic E-state index is 12.6. The van der Waals surface area contributed by atoms with Gasteiger partial charge in [-0.3, -0.25) is 9.69 Å². The second-order valence-electron chi connectivity index (χ2n) is 8.50. The number of anilines is 1. The molecule has 2 heterocycles. The first-order valence-electron chi connectivity index (χ1n) is 9.68. The third-order valence-corrected chi connectivity index (χ3v) is 5.99. The van der Waals surface area contributed by atoms with Crippen LogP contribution in [-0.2, 0) is 10.3 Å². The number of morpholine rings is 1. The zero-order valence-electron chi connectivity index (χ0n) is 16.2. The highest BCUT2D eigenvalue weighted by molar-refractivity contribution is 6.32. The van der Waals surface area contributed by atoms with E-state index in [0.29, 0.717) is 5.69 Å². The molecule has 1 N–H and O–H groups in total. The predicted octanol–water partition coefficient (Wildman–Crippen LogP) is 3.10. The quantitative estimate of drug-likeness (QED) is 0.867. The van der Waals surface area contributed by atoms with Crippen molar-refractivity contribution in [2.45, 2.75) is 64.0 Å². The van der Waals surface area contributed by atoms with Crippen LogP contribution in [0, 0.1) is 0 Å². The van der Waals surface area contributed by atoms with Crippen molar-refractivity contribution in [3.63, 3.8) is 0 Å². The van der Waals surface area contributed by atoms with Crippen molar-refractivity contribution in [3.05, 3.63) is 21.6 Å². The van der Waals surface area contributed by atoms with Gasteiger partial charge in [0.1, 0.15) is 5.02 Å². The Kier molecular flexibility index (Phi) is 5.94. The molecule has 1 aliphatic carbocycles. The SMILES string of the molecule is CC(C)(C)n1ncc(NCC2(N3CCOCC3)CCCCC2)c(Cl)c1=O. The lowest BCUT2D eigenvalue weighted by Gasteiger charge is -2.48. The number of hydrogen-bond donors (Lipinski definition) is 1. The van der Waals surface area contributed by atoms with E-state index in [1.807, 2.05) is 20.8 Å². The minimum atomic E-state index is -0.391. The number of nitrogens with one attached hydrogen (secondary N) is 1. The van der Waals surface area contributed by atoms with Gasteiger partial charge in [-0.05, 0) is 33.6 Å². The summed E-state index contributed by atoms with van der Waals surface area (Å²) in [6.45, 7) is 10.2. The molecular weight excluding hydrogens is 352 g/mol. The zero-order valence-corrected chi connectivity index (χ0v) is 16.9. The van der Waals surface area contributed by atoms with E-state index in [-0.39, 0.29) is 16.1 Å². The van der Waals surface area contributed by atoms with Crippen LogP contribution in [0.1, 0.15) is 52.9 Å². The normalized spacial score (nSPS) is 21.5. The molecule has 1 saturated carbocycles. The van der Waals surface area contributed by atoms with Crippen molar-refractivity contribution in [3.8, 4) is 0 Å². The van der Waals surface area contributed by atoms with Crippen molar-refractivity contribution in [1.82, 2.24) is 14.7 Å². The summed E-state index contributed by atoms with van der Waals surface area (Å²) in [5.41, 5.74) is 0.116. The third-order valence-electron chi connectivity index (χ3n) is 5.63. The number of nitrogens with zero attached hydrogens (tertiary/aromatic N) is 3. The Labute approximate surface area is 160 Å². The second-order valence-corrected chi connectivity index (χ2v) is 8.88. The smallest absolute Gasteiger partial charge is 0.288 e. The second kappa shape index (κ2) is 7.87. The summed E-state index contributed by atoms with van der Waals surface area (Å²) in [7, 11) is 0. The van der Waals surface area contributed by atoms with Crippen LogP contribution in [0.2, 0.25) is 5.02 Å². The van der Waals surface area contributed by atoms with Crippen molar-refractivity contribution in [1.29, 1.82) is 0 Å². The first kappa shape index (κ1) is 19.6. The summed E-state index contributed by atoms with van der Waals surface area (Å²) in [6.07, 6.45) is 7.82. The standard InChI is InChI=1S/C19H31ClN4O2/c1-18(2,3)24-17(25)16(20)15(13-22-24)21-14-19(7-5-4-6-8-19)23-9-11-26-12-10-23/h13,21H,4-12,14H2,1-3H3. The molecule has 1 aromatic rings. The van der Waals surface area contributed by atoms with Gasteiger partial charge in [-0.15, -0.1) is 0 Å². The molecule has 2 aliphatic rings. The summed E-state index contributed by atoms with van der Waals surface area (Å²) < 4.78 is 6.98. The van der Waals surface area contributed by atoms with Gasteiger partial charge in [-0.25, -0.2) is 4.68 Å². The van der Waals surface area contributed by atoms with Gasteiger partial charge in [0, 0.05) is 25.2 Å². The molecule has 1 saturated heterocycles. The molecule has 26 heavy (non-hydrogen) atoms. The fraction of sp³-hybridized carbons (Fsp3) is 0.789. The molecule has 1 aliphatic heterocycles. The maximum Gasteiger partial charge on any atom is 0.288 e. The Balaban J connectivity index is 1.79. The lowest BCUT2D eigenvalue weighted by Crippen LogP contribution is -2.58. The van der Waals surface area contributed by atoms with E-state index in [4.69, 9.17) is 16.3 Å². The molecule has 0 aromatic carbocycles. The molecule has 0 atom stereocenters. The fourth-order valence-corrected chi connectivity index (χ4v) is 4.34. The number of ether oxygens (including phenoxy) is 1. The van der Waals surface area contributed by atoms with Gasteiger partial charge in [0.25, 0.3) is 5.56 Å². The molecule has 0 radical (unpaired) electrons. The van der Waals surface area contributed by atoms with Crippen LogP contribution >= 0.6 is 11.6 Å². The van der Waals surface area contributed by atoms with Crippen molar-refractivity contribution in [2.24, 2.45) is 0 Å². The zero-order chi connectivity index (χ0) is 18.8. The molecule has 1 aromatic heterocycles. The summed E-state index contributed by atoms with van der Waals surface area (Å²) >= 11 is 6.38. The average Bonchev–Trinajstić information content (AvgIpc) is 2.63. The highest BCUT2D eigenvalue weighted by Gasteiger charge is 2.38. The van der Waals surface area contributed by atoms with Crippen LogP contribution in [0.4, 0.5) is 5.69 Å². The van der Waals surface area contributed by atoms with Gasteiger partial charge in [0.2, 0.25) is 0 Å². The Morgan fingerprint density at radius 2 is 1.88 bits per heavy atom. The lowest BCUT2D eigenvalue weighted by molar-refractivity contribution is -0.0318. The highest BCUT2D eigenvalue weighted by Crippen LogP contribution is 2.35. The summed E-state index contributed by atoms with van der Waals surface area (Å²) in [6, 6.07) is 0. The van der Waals surface area contributed by atoms with Crippen LogP contribution in [-0.4, -0.2) is 53.1 Å². The first-order chi connectivity index (χ1) is 12.3. The van der Waals surface area contributed by atoms with E-state index < -0.39 is 5.54 Å². The largest absolute Gasteiger partial charge is 0.381 e. The van der Waals surface area contributed by atoms with Crippen LogP contribution in [0.25, 0.3) is 0 Å². The summed E-state index contributed by atoms with van der Waals surface area (Å²) in [5.74, 6) is 0. The van der Waals surface area contributed by atoms with Gasteiger partial charge in [0.05, 0.1) is 30.6 Å². The van der Waals surface area contributed by atoms with Crippen molar-refractivity contribution < 1.29 is 4.74 Å². The van der Waals surface area contributed by atoms with E-state index in [1.165, 1.54) is 36.8 Å². The monoisotopic (exact) mass is 382 g/mol.